The molecule has 2 aromatic rings. The van der Waals surface area contributed by atoms with Crippen LogP contribution in [-0.4, -0.2) is 52.6 Å². The number of amides is 3. The molecule has 3 amide bonds. The molecule has 2 unspecified atom stereocenters. The van der Waals surface area contributed by atoms with Crippen LogP contribution in [0.3, 0.4) is 0 Å². The van der Waals surface area contributed by atoms with Crippen LogP contribution < -0.4 is 14.8 Å². The fourth-order valence-electron chi connectivity index (χ4n) is 3.76. The SMILES string of the molecule is CCOc1cc(C(CS(C)=O)N2C(=O)c3c(C#N)ccc(NC(C)=O)c3C2=O)ccc1OC. The summed E-state index contributed by atoms with van der Waals surface area (Å²) in [6, 6.07) is 8.79. The Labute approximate surface area is 193 Å². The molecule has 0 spiro atoms. The zero-order valence-corrected chi connectivity index (χ0v) is 19.4. The third-order valence-corrected chi connectivity index (χ3v) is 5.86. The largest absolute Gasteiger partial charge is 0.493 e. The number of nitriles is 1. The Balaban J connectivity index is 2.17. The minimum Gasteiger partial charge on any atom is -0.493 e. The molecule has 0 aliphatic carbocycles. The molecule has 0 fully saturated rings. The molecular formula is C23H23N3O6S. The van der Waals surface area contributed by atoms with Gasteiger partial charge >= 0.3 is 0 Å². The molecule has 0 aromatic heterocycles. The van der Waals surface area contributed by atoms with Crippen LogP contribution in [0.5, 0.6) is 11.5 Å². The molecule has 0 saturated heterocycles. The van der Waals surface area contributed by atoms with E-state index in [2.05, 4.69) is 5.32 Å². The Hall–Kier alpha value is -3.71. The summed E-state index contributed by atoms with van der Waals surface area (Å²) in [5.41, 5.74) is 0.530. The normalized spacial score (nSPS) is 14.3. The molecule has 2 aromatic carbocycles. The van der Waals surface area contributed by atoms with Crippen molar-refractivity contribution in [3.05, 3.63) is 52.6 Å². The summed E-state index contributed by atoms with van der Waals surface area (Å²) in [5.74, 6) is -0.941. The monoisotopic (exact) mass is 469 g/mol. The van der Waals surface area contributed by atoms with Crippen molar-refractivity contribution in [1.82, 2.24) is 4.90 Å². The number of benzene rings is 2. The van der Waals surface area contributed by atoms with Gasteiger partial charge in [-0.1, -0.05) is 6.07 Å². The molecule has 9 nitrogen and oxygen atoms in total. The quantitative estimate of drug-likeness (QED) is 0.589. The lowest BCUT2D eigenvalue weighted by atomic mass is 10.0. The number of fused-ring (bicyclic) bond motifs is 1. The van der Waals surface area contributed by atoms with E-state index in [-0.39, 0.29) is 28.1 Å². The first-order valence-electron chi connectivity index (χ1n) is 10.1. The van der Waals surface area contributed by atoms with Gasteiger partial charge in [0.25, 0.3) is 11.8 Å². The Kier molecular flexibility index (Phi) is 7.13. The van der Waals surface area contributed by atoms with Crippen molar-refractivity contribution in [2.75, 3.05) is 31.0 Å². The first kappa shape index (κ1) is 23.9. The number of nitrogens with zero attached hydrogens (tertiary/aromatic N) is 2. The Morgan fingerprint density at radius 1 is 1.18 bits per heavy atom. The second-order valence-corrected chi connectivity index (χ2v) is 8.76. The molecule has 10 heteroatoms. The van der Waals surface area contributed by atoms with Crippen molar-refractivity contribution < 1.29 is 28.1 Å². The molecule has 33 heavy (non-hydrogen) atoms. The molecule has 0 radical (unpaired) electrons. The van der Waals surface area contributed by atoms with Crippen LogP contribution in [0.2, 0.25) is 0 Å². The van der Waals surface area contributed by atoms with Crippen molar-refractivity contribution in [3.63, 3.8) is 0 Å². The maximum Gasteiger partial charge on any atom is 0.264 e. The number of carbonyl (C=O) groups is 3. The molecule has 2 atom stereocenters. The third kappa shape index (κ3) is 4.59. The molecule has 1 N–H and O–H groups in total. The van der Waals surface area contributed by atoms with E-state index in [0.717, 1.165) is 4.90 Å². The van der Waals surface area contributed by atoms with Crippen LogP contribution in [0.15, 0.2) is 30.3 Å². The lowest BCUT2D eigenvalue weighted by Crippen LogP contribution is -2.37. The van der Waals surface area contributed by atoms with Gasteiger partial charge in [0.2, 0.25) is 5.91 Å². The number of nitrogens with one attached hydrogen (secondary N) is 1. The number of imide groups is 1. The van der Waals surface area contributed by atoms with E-state index in [0.29, 0.717) is 23.7 Å². The van der Waals surface area contributed by atoms with E-state index in [1.54, 1.807) is 18.2 Å². The zero-order chi connectivity index (χ0) is 24.3. The van der Waals surface area contributed by atoms with Crippen molar-refractivity contribution >= 4 is 34.2 Å². The molecule has 3 rings (SSSR count). The fourth-order valence-corrected chi connectivity index (χ4v) is 4.55. The van der Waals surface area contributed by atoms with Crippen molar-refractivity contribution in [3.8, 4) is 17.6 Å². The smallest absolute Gasteiger partial charge is 0.264 e. The Morgan fingerprint density at radius 2 is 1.88 bits per heavy atom. The van der Waals surface area contributed by atoms with Crippen LogP contribution in [0.4, 0.5) is 5.69 Å². The highest BCUT2D eigenvalue weighted by Gasteiger charge is 2.44. The van der Waals surface area contributed by atoms with E-state index in [4.69, 9.17) is 9.47 Å². The second-order valence-electron chi connectivity index (χ2n) is 7.28. The van der Waals surface area contributed by atoms with Gasteiger partial charge in [0.1, 0.15) is 0 Å². The van der Waals surface area contributed by atoms with Crippen LogP contribution in [-0.2, 0) is 15.6 Å². The van der Waals surface area contributed by atoms with E-state index in [1.807, 2.05) is 13.0 Å². The minimum atomic E-state index is -1.38. The number of rotatable bonds is 8. The van der Waals surface area contributed by atoms with Crippen molar-refractivity contribution in [2.24, 2.45) is 0 Å². The van der Waals surface area contributed by atoms with Crippen LogP contribution >= 0.6 is 0 Å². The first-order valence-corrected chi connectivity index (χ1v) is 11.8. The summed E-state index contributed by atoms with van der Waals surface area (Å²) in [6.45, 7) is 3.45. The predicted molar refractivity (Wildman–Crippen MR) is 122 cm³/mol. The number of hydrogen-bond acceptors (Lipinski definition) is 7. The minimum absolute atomic E-state index is 0.0149. The van der Waals surface area contributed by atoms with E-state index >= 15 is 0 Å². The highest BCUT2D eigenvalue weighted by Crippen LogP contribution is 2.39. The highest BCUT2D eigenvalue weighted by molar-refractivity contribution is 7.84. The van der Waals surface area contributed by atoms with E-state index in [1.165, 1.54) is 32.4 Å². The number of ether oxygens (including phenoxy) is 2. The van der Waals surface area contributed by atoms with Gasteiger partial charge in [-0.2, -0.15) is 5.26 Å². The highest BCUT2D eigenvalue weighted by atomic mass is 32.2. The second kappa shape index (κ2) is 9.83. The topological polar surface area (TPSA) is 126 Å². The predicted octanol–water partition coefficient (Wildman–Crippen LogP) is 2.64. The average Bonchev–Trinajstić information content (AvgIpc) is 3.03. The van der Waals surface area contributed by atoms with Crippen LogP contribution in [0, 0.1) is 11.3 Å². The van der Waals surface area contributed by atoms with Gasteiger partial charge < -0.3 is 14.8 Å². The van der Waals surface area contributed by atoms with Crippen LogP contribution in [0.25, 0.3) is 0 Å². The number of anilines is 1. The lowest BCUT2D eigenvalue weighted by molar-refractivity contribution is -0.114. The summed E-state index contributed by atoms with van der Waals surface area (Å²) >= 11 is 0. The molecule has 0 bridgehead atoms. The maximum atomic E-state index is 13.5. The summed E-state index contributed by atoms with van der Waals surface area (Å²) in [6.07, 6.45) is 1.47. The third-order valence-electron chi connectivity index (χ3n) is 5.08. The zero-order valence-electron chi connectivity index (χ0n) is 18.6. The molecule has 1 aliphatic heterocycles. The fraction of sp³-hybridized carbons (Fsp3) is 0.304. The molecule has 0 saturated carbocycles. The number of hydrogen-bond donors (Lipinski definition) is 1. The van der Waals surface area contributed by atoms with Crippen LogP contribution in [0.1, 0.15) is 51.7 Å². The summed E-state index contributed by atoms with van der Waals surface area (Å²) in [4.78, 5) is 39.6. The molecule has 1 heterocycles. The average molecular weight is 470 g/mol. The standard InChI is InChI=1S/C23H23N3O6S/c1-5-32-19-10-14(7-9-18(19)31-3)17(12-33(4)30)26-22(28)20-15(11-24)6-8-16(25-13(2)27)21(20)23(26)29/h6-10,17H,5,12H2,1-4H3,(H,25,27). The number of methoxy groups -OCH3 is 1. The van der Waals surface area contributed by atoms with E-state index < -0.39 is 34.6 Å². The maximum absolute atomic E-state index is 13.5. The Bertz CT molecular complexity index is 1200. The summed E-state index contributed by atoms with van der Waals surface area (Å²) in [5, 5.41) is 12.1. The molecule has 1 aliphatic rings. The molecule has 172 valence electrons. The van der Waals surface area contributed by atoms with Gasteiger partial charge in [-0.25, -0.2) is 0 Å². The van der Waals surface area contributed by atoms with Gasteiger partial charge in [0.15, 0.2) is 11.5 Å². The van der Waals surface area contributed by atoms with Gasteiger partial charge in [-0.05, 0) is 36.8 Å². The van der Waals surface area contributed by atoms with Crippen molar-refractivity contribution in [1.29, 1.82) is 5.26 Å². The Morgan fingerprint density at radius 3 is 2.45 bits per heavy atom. The van der Waals surface area contributed by atoms with Gasteiger partial charge in [-0.15, -0.1) is 0 Å². The molecular weight excluding hydrogens is 446 g/mol. The lowest BCUT2D eigenvalue weighted by Gasteiger charge is -2.26. The summed E-state index contributed by atoms with van der Waals surface area (Å²) < 4.78 is 23.2. The van der Waals surface area contributed by atoms with E-state index in [9.17, 15) is 23.9 Å². The summed E-state index contributed by atoms with van der Waals surface area (Å²) in [7, 11) is 0.114. The van der Waals surface area contributed by atoms with Gasteiger partial charge in [0.05, 0.1) is 48.2 Å². The first-order chi connectivity index (χ1) is 15.7. The van der Waals surface area contributed by atoms with Crippen molar-refractivity contribution in [2.45, 2.75) is 19.9 Å². The number of carbonyl (C=O) groups excluding carboxylic acids is 3. The van der Waals surface area contributed by atoms with Gasteiger partial charge in [-0.3, -0.25) is 23.5 Å². The van der Waals surface area contributed by atoms with Gasteiger partial charge in [0, 0.05) is 29.7 Å².